The van der Waals surface area contributed by atoms with Crippen LogP contribution in [0.25, 0.3) is 0 Å². The van der Waals surface area contributed by atoms with Crippen LogP contribution in [0.1, 0.15) is 30.0 Å². The van der Waals surface area contributed by atoms with E-state index in [-0.39, 0.29) is 25.0 Å². The van der Waals surface area contributed by atoms with E-state index in [9.17, 15) is 9.59 Å². The van der Waals surface area contributed by atoms with Crippen LogP contribution in [-0.2, 0) is 22.6 Å². The molecule has 7 nitrogen and oxygen atoms in total. The number of nitrogens with one attached hydrogen (secondary N) is 1. The molecule has 1 N–H and O–H groups in total. The highest BCUT2D eigenvalue weighted by molar-refractivity contribution is 5.88. The number of nitrogens with zero attached hydrogens (tertiary/aromatic N) is 1. The largest absolute Gasteiger partial charge is 0.496 e. The fourth-order valence-electron chi connectivity index (χ4n) is 4.02. The third-order valence-electron chi connectivity index (χ3n) is 5.94. The molecule has 1 atom stereocenters. The minimum Gasteiger partial charge on any atom is -0.496 e. The summed E-state index contributed by atoms with van der Waals surface area (Å²) in [7, 11) is 3.10. The number of amides is 2. The lowest BCUT2D eigenvalue weighted by Crippen LogP contribution is -2.51. The molecule has 0 saturated carbocycles. The van der Waals surface area contributed by atoms with Crippen LogP contribution >= 0.6 is 0 Å². The monoisotopic (exact) mass is 504 g/mol. The van der Waals surface area contributed by atoms with E-state index in [1.807, 2.05) is 68.4 Å². The Balaban J connectivity index is 1.90. The van der Waals surface area contributed by atoms with Gasteiger partial charge in [0.05, 0.1) is 14.2 Å². The van der Waals surface area contributed by atoms with E-state index in [1.54, 1.807) is 37.3 Å². The third kappa shape index (κ3) is 8.27. The summed E-state index contributed by atoms with van der Waals surface area (Å²) in [6.45, 7) is 4.58. The molecule has 0 radical (unpaired) electrons. The number of carbonyl (C=O) groups is 2. The Labute approximate surface area is 219 Å². The number of ether oxygens (including phenoxy) is 3. The fraction of sp³-hybridized carbons (Fsp3) is 0.333. The van der Waals surface area contributed by atoms with Crippen molar-refractivity contribution in [2.45, 2.75) is 39.3 Å². The Morgan fingerprint density at radius 2 is 1.51 bits per heavy atom. The van der Waals surface area contributed by atoms with Gasteiger partial charge in [-0.15, -0.1) is 0 Å². The molecule has 0 saturated heterocycles. The number of aryl methyl sites for hydroxylation is 1. The fourth-order valence-corrected chi connectivity index (χ4v) is 4.02. The molecule has 7 heteroatoms. The van der Waals surface area contributed by atoms with Crippen LogP contribution in [0.5, 0.6) is 17.2 Å². The Morgan fingerprint density at radius 1 is 0.865 bits per heavy atom. The molecule has 37 heavy (non-hydrogen) atoms. The van der Waals surface area contributed by atoms with Gasteiger partial charge in [-0.2, -0.15) is 0 Å². The molecule has 0 bridgehead atoms. The van der Waals surface area contributed by atoms with Crippen LogP contribution in [0.3, 0.4) is 0 Å². The van der Waals surface area contributed by atoms with Crippen molar-refractivity contribution in [3.8, 4) is 17.2 Å². The van der Waals surface area contributed by atoms with Gasteiger partial charge in [0.15, 0.2) is 6.61 Å². The zero-order chi connectivity index (χ0) is 26.6. The number of hydrogen-bond donors (Lipinski definition) is 1. The van der Waals surface area contributed by atoms with Gasteiger partial charge in [-0.3, -0.25) is 9.59 Å². The lowest BCUT2D eigenvalue weighted by Gasteiger charge is -2.31. The van der Waals surface area contributed by atoms with Gasteiger partial charge in [-0.1, -0.05) is 67.1 Å². The Bertz CT molecular complexity index is 1140. The van der Waals surface area contributed by atoms with Gasteiger partial charge in [0.1, 0.15) is 23.3 Å². The molecular formula is C30H36N2O5. The molecule has 3 aromatic carbocycles. The number of hydrogen-bond acceptors (Lipinski definition) is 5. The van der Waals surface area contributed by atoms with E-state index in [2.05, 4.69) is 5.32 Å². The average molecular weight is 505 g/mol. The number of methoxy groups -OCH3 is 2. The van der Waals surface area contributed by atoms with Gasteiger partial charge in [0, 0.05) is 37.7 Å². The number of benzene rings is 3. The van der Waals surface area contributed by atoms with Crippen LogP contribution in [0.15, 0.2) is 72.8 Å². The maximum atomic E-state index is 13.7. The Kier molecular flexibility index (Phi) is 10.4. The first-order chi connectivity index (χ1) is 17.9. The molecule has 3 aromatic rings. The third-order valence-corrected chi connectivity index (χ3v) is 5.94. The highest BCUT2D eigenvalue weighted by Gasteiger charge is 2.30. The van der Waals surface area contributed by atoms with Crippen molar-refractivity contribution in [3.63, 3.8) is 0 Å². The SMILES string of the molecule is CCCNC(=O)[C@@H](Cc1ccccc1)N(Cc1cccc(C)c1)C(=O)COc1cc(OC)cc(OC)c1. The summed E-state index contributed by atoms with van der Waals surface area (Å²) in [5.74, 6) is 1.07. The Hall–Kier alpha value is -4.00. The van der Waals surface area contributed by atoms with Crippen LogP contribution in [0.4, 0.5) is 0 Å². The molecule has 0 unspecified atom stereocenters. The van der Waals surface area contributed by atoms with Crippen molar-refractivity contribution in [2.75, 3.05) is 27.4 Å². The molecule has 3 rings (SSSR count). The zero-order valence-electron chi connectivity index (χ0n) is 22.0. The lowest BCUT2D eigenvalue weighted by atomic mass is 10.0. The molecule has 0 aliphatic heterocycles. The maximum absolute atomic E-state index is 13.7. The quantitative estimate of drug-likeness (QED) is 0.369. The summed E-state index contributed by atoms with van der Waals surface area (Å²) in [6, 6.07) is 22.1. The van der Waals surface area contributed by atoms with E-state index in [0.717, 1.165) is 23.1 Å². The number of carbonyl (C=O) groups excluding carboxylic acids is 2. The summed E-state index contributed by atoms with van der Waals surface area (Å²) in [5.41, 5.74) is 3.00. The van der Waals surface area contributed by atoms with Crippen LogP contribution in [0, 0.1) is 6.92 Å². The van der Waals surface area contributed by atoms with Gasteiger partial charge in [0.25, 0.3) is 5.91 Å². The average Bonchev–Trinajstić information content (AvgIpc) is 2.92. The minimum atomic E-state index is -0.703. The second-order valence-electron chi connectivity index (χ2n) is 8.84. The summed E-state index contributed by atoms with van der Waals surface area (Å²) in [4.78, 5) is 28.7. The summed E-state index contributed by atoms with van der Waals surface area (Å²) in [6.07, 6.45) is 1.19. The second-order valence-corrected chi connectivity index (χ2v) is 8.84. The van der Waals surface area contributed by atoms with Crippen molar-refractivity contribution in [1.29, 1.82) is 0 Å². The second kappa shape index (κ2) is 13.9. The van der Waals surface area contributed by atoms with Gasteiger partial charge in [0.2, 0.25) is 5.91 Å². The highest BCUT2D eigenvalue weighted by Crippen LogP contribution is 2.27. The van der Waals surface area contributed by atoms with Crippen molar-refractivity contribution in [3.05, 3.63) is 89.5 Å². The lowest BCUT2D eigenvalue weighted by molar-refractivity contribution is -0.142. The van der Waals surface area contributed by atoms with Gasteiger partial charge in [-0.05, 0) is 24.5 Å². The molecule has 0 spiro atoms. The molecule has 0 aliphatic carbocycles. The van der Waals surface area contributed by atoms with E-state index in [0.29, 0.717) is 30.2 Å². The maximum Gasteiger partial charge on any atom is 0.261 e. The van der Waals surface area contributed by atoms with Crippen molar-refractivity contribution >= 4 is 11.8 Å². The molecule has 2 amide bonds. The minimum absolute atomic E-state index is 0.185. The van der Waals surface area contributed by atoms with Crippen molar-refractivity contribution < 1.29 is 23.8 Å². The topological polar surface area (TPSA) is 77.1 Å². The van der Waals surface area contributed by atoms with Crippen LogP contribution < -0.4 is 19.5 Å². The van der Waals surface area contributed by atoms with Gasteiger partial charge in [-0.25, -0.2) is 0 Å². The molecule has 0 fully saturated rings. The smallest absolute Gasteiger partial charge is 0.261 e. The summed E-state index contributed by atoms with van der Waals surface area (Å²) in [5, 5.41) is 2.98. The van der Waals surface area contributed by atoms with E-state index in [1.165, 1.54) is 0 Å². The molecule has 0 aliphatic rings. The van der Waals surface area contributed by atoms with Crippen molar-refractivity contribution in [2.24, 2.45) is 0 Å². The standard InChI is InChI=1S/C30H36N2O5/c1-5-14-31-30(34)28(16-23-11-7-6-8-12-23)32(20-24-13-9-10-22(2)15-24)29(33)21-37-27-18-25(35-3)17-26(19-27)36-4/h6-13,15,17-19,28H,5,14,16,20-21H2,1-4H3,(H,31,34)/t28-/m1/s1. The molecule has 0 heterocycles. The zero-order valence-corrected chi connectivity index (χ0v) is 22.0. The van der Waals surface area contributed by atoms with E-state index in [4.69, 9.17) is 14.2 Å². The summed E-state index contributed by atoms with van der Waals surface area (Å²) >= 11 is 0. The predicted molar refractivity (Wildman–Crippen MR) is 144 cm³/mol. The first-order valence-corrected chi connectivity index (χ1v) is 12.5. The van der Waals surface area contributed by atoms with Crippen molar-refractivity contribution in [1.82, 2.24) is 10.2 Å². The molecule has 196 valence electrons. The van der Waals surface area contributed by atoms with Crippen LogP contribution in [0.2, 0.25) is 0 Å². The first-order valence-electron chi connectivity index (χ1n) is 12.5. The van der Waals surface area contributed by atoms with E-state index < -0.39 is 6.04 Å². The normalized spacial score (nSPS) is 11.4. The molecule has 0 aromatic heterocycles. The highest BCUT2D eigenvalue weighted by atomic mass is 16.5. The Morgan fingerprint density at radius 3 is 2.14 bits per heavy atom. The first kappa shape index (κ1) is 27.6. The van der Waals surface area contributed by atoms with E-state index >= 15 is 0 Å². The van der Waals surface area contributed by atoms with Crippen LogP contribution in [-0.4, -0.2) is 50.1 Å². The summed E-state index contributed by atoms with van der Waals surface area (Å²) < 4.78 is 16.5. The molecular weight excluding hydrogens is 468 g/mol. The van der Waals surface area contributed by atoms with Gasteiger partial charge < -0.3 is 24.4 Å². The number of rotatable bonds is 13. The van der Waals surface area contributed by atoms with Gasteiger partial charge >= 0.3 is 0 Å². The predicted octanol–water partition coefficient (Wildman–Crippen LogP) is 4.56.